The lowest BCUT2D eigenvalue weighted by molar-refractivity contribution is 0.166. The van der Waals surface area contributed by atoms with E-state index in [4.69, 9.17) is 9.52 Å². The SMILES string of the molecule is CN1CCC(CN(C)Cc2ccc(CO)o2)CC1. The molecule has 2 heterocycles. The third-order valence-electron chi connectivity index (χ3n) is 3.71. The monoisotopic (exact) mass is 252 g/mol. The summed E-state index contributed by atoms with van der Waals surface area (Å²) >= 11 is 0. The van der Waals surface area contributed by atoms with Crippen molar-refractivity contribution in [3.8, 4) is 0 Å². The van der Waals surface area contributed by atoms with Gasteiger partial charge in [-0.25, -0.2) is 0 Å². The first-order valence-electron chi connectivity index (χ1n) is 6.73. The third kappa shape index (κ3) is 3.83. The summed E-state index contributed by atoms with van der Waals surface area (Å²) in [5, 5.41) is 8.96. The van der Waals surface area contributed by atoms with Crippen LogP contribution >= 0.6 is 0 Å². The van der Waals surface area contributed by atoms with Crippen LogP contribution in [-0.2, 0) is 13.2 Å². The number of aliphatic hydroxyl groups excluding tert-OH is 1. The number of likely N-dealkylation sites (tertiary alicyclic amines) is 1. The normalized spacial score (nSPS) is 18.7. The molecule has 0 aliphatic carbocycles. The molecule has 1 saturated heterocycles. The maximum Gasteiger partial charge on any atom is 0.129 e. The Hall–Kier alpha value is -0.840. The summed E-state index contributed by atoms with van der Waals surface area (Å²) in [6.07, 6.45) is 2.59. The van der Waals surface area contributed by atoms with Gasteiger partial charge in [0.15, 0.2) is 0 Å². The molecule has 0 unspecified atom stereocenters. The van der Waals surface area contributed by atoms with Crippen LogP contribution in [0.3, 0.4) is 0 Å². The first kappa shape index (κ1) is 13.6. The van der Waals surface area contributed by atoms with E-state index in [9.17, 15) is 0 Å². The average Bonchev–Trinajstić information content (AvgIpc) is 2.79. The van der Waals surface area contributed by atoms with E-state index in [1.54, 1.807) is 0 Å². The lowest BCUT2D eigenvalue weighted by Gasteiger charge is -2.31. The van der Waals surface area contributed by atoms with Gasteiger partial charge in [0, 0.05) is 6.54 Å². The van der Waals surface area contributed by atoms with Gasteiger partial charge in [-0.05, 0) is 58.1 Å². The highest BCUT2D eigenvalue weighted by molar-refractivity contribution is 5.06. The molecule has 0 radical (unpaired) electrons. The van der Waals surface area contributed by atoms with Crippen molar-refractivity contribution in [3.05, 3.63) is 23.7 Å². The van der Waals surface area contributed by atoms with E-state index < -0.39 is 0 Å². The average molecular weight is 252 g/mol. The molecule has 1 N–H and O–H groups in total. The van der Waals surface area contributed by atoms with Crippen molar-refractivity contribution in [2.24, 2.45) is 5.92 Å². The predicted octanol–water partition coefficient (Wildman–Crippen LogP) is 1.55. The van der Waals surface area contributed by atoms with Crippen LogP contribution < -0.4 is 0 Å². The molecule has 102 valence electrons. The van der Waals surface area contributed by atoms with Crippen molar-refractivity contribution < 1.29 is 9.52 Å². The number of rotatable bonds is 5. The van der Waals surface area contributed by atoms with Crippen LogP contribution in [0.4, 0.5) is 0 Å². The highest BCUT2D eigenvalue weighted by Crippen LogP contribution is 2.18. The zero-order valence-electron chi connectivity index (χ0n) is 11.4. The number of furan rings is 1. The molecule has 0 bridgehead atoms. The van der Waals surface area contributed by atoms with E-state index in [-0.39, 0.29) is 6.61 Å². The molecule has 1 fully saturated rings. The second-order valence-electron chi connectivity index (χ2n) is 5.47. The predicted molar refractivity (Wildman–Crippen MR) is 71.2 cm³/mol. The first-order valence-corrected chi connectivity index (χ1v) is 6.73. The molecular weight excluding hydrogens is 228 g/mol. The highest BCUT2D eigenvalue weighted by Gasteiger charge is 2.18. The number of aliphatic hydroxyl groups is 1. The molecule has 18 heavy (non-hydrogen) atoms. The van der Waals surface area contributed by atoms with E-state index in [0.717, 1.165) is 24.8 Å². The zero-order chi connectivity index (χ0) is 13.0. The van der Waals surface area contributed by atoms with E-state index in [0.29, 0.717) is 5.76 Å². The fourth-order valence-electron chi connectivity index (χ4n) is 2.61. The van der Waals surface area contributed by atoms with Gasteiger partial charge in [-0.1, -0.05) is 0 Å². The molecule has 0 saturated carbocycles. The van der Waals surface area contributed by atoms with Gasteiger partial charge in [-0.15, -0.1) is 0 Å². The summed E-state index contributed by atoms with van der Waals surface area (Å²) in [5.74, 6) is 2.39. The number of hydrogen-bond acceptors (Lipinski definition) is 4. The maximum atomic E-state index is 8.96. The van der Waals surface area contributed by atoms with Crippen molar-refractivity contribution in [2.45, 2.75) is 26.0 Å². The number of hydrogen-bond donors (Lipinski definition) is 1. The lowest BCUT2D eigenvalue weighted by Crippen LogP contribution is -2.35. The van der Waals surface area contributed by atoms with Crippen LogP contribution in [0.15, 0.2) is 16.5 Å². The minimum Gasteiger partial charge on any atom is -0.462 e. The molecule has 4 heteroatoms. The fourth-order valence-corrected chi connectivity index (χ4v) is 2.61. The Morgan fingerprint density at radius 1 is 1.33 bits per heavy atom. The zero-order valence-corrected chi connectivity index (χ0v) is 11.4. The van der Waals surface area contributed by atoms with Crippen molar-refractivity contribution >= 4 is 0 Å². The summed E-state index contributed by atoms with van der Waals surface area (Å²) in [6.45, 7) is 4.37. The van der Waals surface area contributed by atoms with Crippen LogP contribution in [0.25, 0.3) is 0 Å². The minimum atomic E-state index is -0.0152. The summed E-state index contributed by atoms with van der Waals surface area (Å²) < 4.78 is 5.51. The Bertz CT molecular complexity index is 356. The van der Waals surface area contributed by atoms with Gasteiger partial charge in [-0.3, -0.25) is 4.90 Å². The smallest absolute Gasteiger partial charge is 0.129 e. The Morgan fingerprint density at radius 3 is 2.61 bits per heavy atom. The molecule has 0 atom stereocenters. The summed E-state index contributed by atoms with van der Waals surface area (Å²) in [4.78, 5) is 4.71. The van der Waals surface area contributed by atoms with E-state index >= 15 is 0 Å². The van der Waals surface area contributed by atoms with Crippen molar-refractivity contribution in [2.75, 3.05) is 33.7 Å². The van der Waals surface area contributed by atoms with Gasteiger partial charge < -0.3 is 14.4 Å². The fraction of sp³-hybridized carbons (Fsp3) is 0.714. The number of nitrogens with zero attached hydrogens (tertiary/aromatic N) is 2. The summed E-state index contributed by atoms with van der Waals surface area (Å²) in [7, 11) is 4.33. The first-order chi connectivity index (χ1) is 8.67. The summed E-state index contributed by atoms with van der Waals surface area (Å²) in [6, 6.07) is 3.80. The van der Waals surface area contributed by atoms with Gasteiger partial charge in [0.1, 0.15) is 18.1 Å². The Balaban J connectivity index is 1.76. The maximum absolute atomic E-state index is 8.96. The highest BCUT2D eigenvalue weighted by atomic mass is 16.4. The van der Waals surface area contributed by atoms with Crippen molar-refractivity contribution in [1.82, 2.24) is 9.80 Å². The van der Waals surface area contributed by atoms with E-state index in [1.807, 2.05) is 12.1 Å². The molecule has 1 aliphatic heterocycles. The van der Waals surface area contributed by atoms with Gasteiger partial charge in [0.25, 0.3) is 0 Å². The quantitative estimate of drug-likeness (QED) is 0.863. The second kappa shape index (κ2) is 6.36. The molecule has 1 aromatic heterocycles. The van der Waals surface area contributed by atoms with Crippen LogP contribution in [-0.4, -0.2) is 48.6 Å². The molecule has 1 aromatic rings. The molecule has 1 aliphatic rings. The third-order valence-corrected chi connectivity index (χ3v) is 3.71. The second-order valence-corrected chi connectivity index (χ2v) is 5.47. The van der Waals surface area contributed by atoms with Gasteiger partial charge >= 0.3 is 0 Å². The molecular formula is C14H24N2O2. The van der Waals surface area contributed by atoms with E-state index in [2.05, 4.69) is 23.9 Å². The molecule has 2 rings (SSSR count). The lowest BCUT2D eigenvalue weighted by atomic mass is 9.97. The molecule has 0 aromatic carbocycles. The van der Waals surface area contributed by atoms with Crippen LogP contribution in [0.1, 0.15) is 24.4 Å². The Kier molecular flexibility index (Phi) is 4.80. The van der Waals surface area contributed by atoms with Crippen molar-refractivity contribution in [3.63, 3.8) is 0 Å². The van der Waals surface area contributed by atoms with Crippen LogP contribution in [0.2, 0.25) is 0 Å². The molecule has 0 spiro atoms. The Morgan fingerprint density at radius 2 is 2.00 bits per heavy atom. The standard InChI is InChI=1S/C14H24N2O2/c1-15-7-5-12(6-8-15)9-16(2)10-13-3-4-14(11-17)18-13/h3-4,12,17H,5-11H2,1-2H3. The summed E-state index contributed by atoms with van der Waals surface area (Å²) in [5.41, 5.74) is 0. The molecule has 0 amide bonds. The van der Waals surface area contributed by atoms with Crippen LogP contribution in [0.5, 0.6) is 0 Å². The number of piperidine rings is 1. The van der Waals surface area contributed by atoms with Gasteiger partial charge in [-0.2, -0.15) is 0 Å². The van der Waals surface area contributed by atoms with E-state index in [1.165, 1.54) is 25.9 Å². The largest absolute Gasteiger partial charge is 0.462 e. The van der Waals surface area contributed by atoms with Crippen LogP contribution in [0, 0.1) is 5.92 Å². The van der Waals surface area contributed by atoms with Gasteiger partial charge in [0.2, 0.25) is 0 Å². The molecule has 4 nitrogen and oxygen atoms in total. The Labute approximate surface area is 109 Å². The van der Waals surface area contributed by atoms with Gasteiger partial charge in [0.05, 0.1) is 6.54 Å². The van der Waals surface area contributed by atoms with Crippen molar-refractivity contribution in [1.29, 1.82) is 0 Å². The minimum absolute atomic E-state index is 0.0152. The topological polar surface area (TPSA) is 39.9 Å².